The van der Waals surface area contributed by atoms with E-state index in [0.717, 1.165) is 12.8 Å². The van der Waals surface area contributed by atoms with E-state index in [4.69, 9.17) is 0 Å². The number of amides is 1. The first kappa shape index (κ1) is 11.9. The number of rotatable bonds is 3. The van der Waals surface area contributed by atoms with Crippen LogP contribution in [0.2, 0.25) is 0 Å². The van der Waals surface area contributed by atoms with Gasteiger partial charge in [0.05, 0.1) is 6.42 Å². The van der Waals surface area contributed by atoms with Crippen LogP contribution >= 0.6 is 0 Å². The highest BCUT2D eigenvalue weighted by atomic mass is 16.2. The van der Waals surface area contributed by atoms with Gasteiger partial charge in [-0.1, -0.05) is 0 Å². The molecule has 4 heteroatoms. The number of carbonyl (C=O) groups excluding carboxylic acids is 3. The Bertz CT molecular complexity index is 278. The second-order valence-corrected chi connectivity index (χ2v) is 4.14. The van der Waals surface area contributed by atoms with Gasteiger partial charge in [-0.15, -0.1) is 0 Å². The summed E-state index contributed by atoms with van der Waals surface area (Å²) in [6.45, 7) is 4.23. The Morgan fingerprint density at radius 1 is 1.13 bits per heavy atom. The maximum atomic E-state index is 11.5. The van der Waals surface area contributed by atoms with Crippen molar-refractivity contribution in [2.75, 3.05) is 13.1 Å². The number of Topliss-reactive ketones (excluding diaryl/α,β-unsaturated/α-hetero) is 2. The minimum Gasteiger partial charge on any atom is -0.342 e. The van der Waals surface area contributed by atoms with Crippen molar-refractivity contribution in [2.45, 2.75) is 33.1 Å². The lowest BCUT2D eigenvalue weighted by molar-refractivity contribution is -0.137. The van der Waals surface area contributed by atoms with Crippen LogP contribution in [0.3, 0.4) is 0 Å². The van der Waals surface area contributed by atoms with Gasteiger partial charge in [0.2, 0.25) is 5.91 Å². The first-order valence-electron chi connectivity index (χ1n) is 5.28. The molecule has 0 aromatic heterocycles. The van der Waals surface area contributed by atoms with Crippen molar-refractivity contribution in [3.8, 4) is 0 Å². The van der Waals surface area contributed by atoms with E-state index in [1.54, 1.807) is 11.8 Å². The van der Waals surface area contributed by atoms with E-state index < -0.39 is 0 Å². The molecule has 0 spiro atoms. The van der Waals surface area contributed by atoms with Gasteiger partial charge < -0.3 is 4.90 Å². The maximum Gasteiger partial charge on any atom is 0.230 e. The van der Waals surface area contributed by atoms with E-state index in [1.165, 1.54) is 6.92 Å². The summed E-state index contributed by atoms with van der Waals surface area (Å²) in [6.07, 6.45) is 1.46. The van der Waals surface area contributed by atoms with E-state index in [2.05, 4.69) is 0 Å². The van der Waals surface area contributed by atoms with Crippen LogP contribution in [0.1, 0.15) is 33.1 Å². The fraction of sp³-hybridized carbons (Fsp3) is 0.727. The van der Waals surface area contributed by atoms with Crippen molar-refractivity contribution in [1.29, 1.82) is 0 Å². The molecule has 0 atom stereocenters. The zero-order chi connectivity index (χ0) is 11.4. The Kier molecular flexibility index (Phi) is 4.00. The highest BCUT2D eigenvalue weighted by Crippen LogP contribution is 2.18. The summed E-state index contributed by atoms with van der Waals surface area (Å²) < 4.78 is 0. The Morgan fingerprint density at radius 2 is 1.67 bits per heavy atom. The average Bonchev–Trinajstić information content (AvgIpc) is 2.17. The predicted molar refractivity (Wildman–Crippen MR) is 55.3 cm³/mol. The quantitative estimate of drug-likeness (QED) is 0.649. The normalized spacial score (nSPS) is 17.6. The lowest BCUT2D eigenvalue weighted by atomic mass is 9.93. The first-order valence-corrected chi connectivity index (χ1v) is 5.28. The second-order valence-electron chi connectivity index (χ2n) is 4.14. The van der Waals surface area contributed by atoms with Crippen molar-refractivity contribution < 1.29 is 14.4 Å². The standard InChI is InChI=1S/C11H17NO3/c1-8(13)7-11(15)12-5-3-10(4-6-12)9(2)14/h10H,3-7H2,1-2H3. The summed E-state index contributed by atoms with van der Waals surface area (Å²) in [6, 6.07) is 0. The van der Waals surface area contributed by atoms with Crippen molar-refractivity contribution in [2.24, 2.45) is 5.92 Å². The molecule has 1 heterocycles. The summed E-state index contributed by atoms with van der Waals surface area (Å²) in [5.74, 6) is 0.0956. The lowest BCUT2D eigenvalue weighted by Gasteiger charge is -2.30. The largest absolute Gasteiger partial charge is 0.342 e. The van der Waals surface area contributed by atoms with Gasteiger partial charge in [-0.3, -0.25) is 14.4 Å². The molecule has 1 aliphatic rings. The summed E-state index contributed by atoms with van der Waals surface area (Å²) in [4.78, 5) is 35.0. The van der Waals surface area contributed by atoms with Gasteiger partial charge >= 0.3 is 0 Å². The van der Waals surface area contributed by atoms with E-state index in [9.17, 15) is 14.4 Å². The van der Waals surface area contributed by atoms with Crippen molar-refractivity contribution in [3.05, 3.63) is 0 Å². The molecule has 0 saturated carbocycles. The molecular formula is C11H17NO3. The Hall–Kier alpha value is -1.19. The van der Waals surface area contributed by atoms with Crippen molar-refractivity contribution >= 4 is 17.5 Å². The van der Waals surface area contributed by atoms with Crippen molar-refractivity contribution in [3.63, 3.8) is 0 Å². The number of hydrogen-bond acceptors (Lipinski definition) is 3. The van der Waals surface area contributed by atoms with Crippen LogP contribution in [0.5, 0.6) is 0 Å². The Balaban J connectivity index is 2.40. The summed E-state index contributed by atoms with van der Waals surface area (Å²) in [5, 5.41) is 0. The number of piperidine rings is 1. The molecule has 0 aromatic rings. The van der Waals surface area contributed by atoms with Gasteiger partial charge in [0.1, 0.15) is 11.6 Å². The van der Waals surface area contributed by atoms with Gasteiger partial charge in [0.15, 0.2) is 0 Å². The first-order chi connectivity index (χ1) is 7.00. The third-order valence-electron chi connectivity index (χ3n) is 2.82. The Morgan fingerprint density at radius 3 is 2.07 bits per heavy atom. The molecule has 1 aliphatic heterocycles. The monoisotopic (exact) mass is 211 g/mol. The molecule has 84 valence electrons. The molecule has 0 radical (unpaired) electrons. The third kappa shape index (κ3) is 3.46. The molecule has 0 aromatic carbocycles. The van der Waals surface area contributed by atoms with Crippen molar-refractivity contribution in [1.82, 2.24) is 4.90 Å². The molecule has 1 rings (SSSR count). The predicted octanol–water partition coefficient (Wildman–Crippen LogP) is 0.793. The fourth-order valence-electron chi connectivity index (χ4n) is 1.86. The van der Waals surface area contributed by atoms with E-state index in [1.807, 2.05) is 0 Å². The van der Waals surface area contributed by atoms with Gasteiger partial charge in [-0.2, -0.15) is 0 Å². The van der Waals surface area contributed by atoms with Crippen LogP contribution in [0.4, 0.5) is 0 Å². The van der Waals surface area contributed by atoms with Crippen LogP contribution in [-0.2, 0) is 14.4 Å². The highest BCUT2D eigenvalue weighted by molar-refractivity contribution is 5.96. The topological polar surface area (TPSA) is 54.5 Å². The molecule has 0 bridgehead atoms. The van der Waals surface area contributed by atoms with Gasteiger partial charge in [-0.25, -0.2) is 0 Å². The molecule has 1 saturated heterocycles. The van der Waals surface area contributed by atoms with Gasteiger partial charge in [-0.05, 0) is 26.7 Å². The second kappa shape index (κ2) is 5.05. The van der Waals surface area contributed by atoms with Gasteiger partial charge in [0.25, 0.3) is 0 Å². The van der Waals surface area contributed by atoms with Crippen LogP contribution in [0.15, 0.2) is 0 Å². The number of likely N-dealkylation sites (tertiary alicyclic amines) is 1. The minimum atomic E-state index is -0.107. The molecule has 0 aliphatic carbocycles. The summed E-state index contributed by atoms with van der Waals surface area (Å²) >= 11 is 0. The van der Waals surface area contributed by atoms with Crippen LogP contribution in [-0.4, -0.2) is 35.5 Å². The molecular weight excluding hydrogens is 194 g/mol. The highest BCUT2D eigenvalue weighted by Gasteiger charge is 2.25. The van der Waals surface area contributed by atoms with Crippen LogP contribution < -0.4 is 0 Å². The van der Waals surface area contributed by atoms with E-state index in [-0.39, 0.29) is 29.8 Å². The molecule has 0 unspecified atom stereocenters. The smallest absolute Gasteiger partial charge is 0.230 e. The van der Waals surface area contributed by atoms with E-state index >= 15 is 0 Å². The molecule has 1 fully saturated rings. The SMILES string of the molecule is CC(=O)CC(=O)N1CCC(C(C)=O)CC1. The number of nitrogens with zero attached hydrogens (tertiary/aromatic N) is 1. The zero-order valence-corrected chi connectivity index (χ0v) is 9.28. The Labute approximate surface area is 89.6 Å². The number of carbonyl (C=O) groups is 3. The molecule has 15 heavy (non-hydrogen) atoms. The number of ketones is 2. The molecule has 4 nitrogen and oxygen atoms in total. The fourth-order valence-corrected chi connectivity index (χ4v) is 1.86. The zero-order valence-electron chi connectivity index (χ0n) is 9.28. The third-order valence-corrected chi connectivity index (χ3v) is 2.82. The maximum absolute atomic E-state index is 11.5. The van der Waals surface area contributed by atoms with Gasteiger partial charge in [0, 0.05) is 19.0 Å². The average molecular weight is 211 g/mol. The molecule has 1 amide bonds. The summed E-state index contributed by atoms with van der Waals surface area (Å²) in [5.41, 5.74) is 0. The lowest BCUT2D eigenvalue weighted by Crippen LogP contribution is -2.40. The molecule has 0 N–H and O–H groups in total. The van der Waals surface area contributed by atoms with Crippen LogP contribution in [0, 0.1) is 5.92 Å². The minimum absolute atomic E-state index is 0.00919. The summed E-state index contributed by atoms with van der Waals surface area (Å²) in [7, 11) is 0. The van der Waals surface area contributed by atoms with Crippen LogP contribution in [0.25, 0.3) is 0 Å². The number of hydrogen-bond donors (Lipinski definition) is 0. The van der Waals surface area contributed by atoms with E-state index in [0.29, 0.717) is 13.1 Å².